The normalized spacial score (nSPS) is 17.3. The van der Waals surface area contributed by atoms with Crippen LogP contribution in [0, 0.1) is 26.2 Å². The van der Waals surface area contributed by atoms with Crippen LogP contribution in [0.3, 0.4) is 0 Å². The fourth-order valence-electron chi connectivity index (χ4n) is 5.56. The van der Waals surface area contributed by atoms with Crippen molar-refractivity contribution in [3.8, 4) is 0 Å². The largest absolute Gasteiger partial charge is 0.469 e. The summed E-state index contributed by atoms with van der Waals surface area (Å²) in [6.07, 6.45) is 6.98. The Kier molecular flexibility index (Phi) is 7.18. The number of hydrogen-bond acceptors (Lipinski definition) is 4. The SMILES string of the molecule is COC(=O)CCCCc1ccc2c(n1)N(S(=O)c1c(C)c(C)c3c(c1C)CC(C)(C)C3)CCC2. The molecule has 0 fully saturated rings. The molecule has 0 N–H and O–H groups in total. The van der Waals surface area contributed by atoms with Crippen LogP contribution in [0.2, 0.25) is 0 Å². The Morgan fingerprint density at radius 3 is 2.50 bits per heavy atom. The summed E-state index contributed by atoms with van der Waals surface area (Å²) < 4.78 is 20.9. The number of fused-ring (bicyclic) bond motifs is 2. The van der Waals surface area contributed by atoms with Gasteiger partial charge >= 0.3 is 5.97 Å². The molecular formula is C28H38N2O3S. The van der Waals surface area contributed by atoms with Crippen LogP contribution in [0.5, 0.6) is 0 Å². The molecule has 0 saturated heterocycles. The second-order valence-electron chi connectivity index (χ2n) is 10.7. The van der Waals surface area contributed by atoms with E-state index in [1.807, 2.05) is 4.31 Å². The van der Waals surface area contributed by atoms with Crippen LogP contribution in [-0.2, 0) is 46.2 Å². The number of carbonyl (C=O) groups excluding carboxylic acids is 1. The molecule has 0 radical (unpaired) electrons. The topological polar surface area (TPSA) is 59.5 Å². The highest BCUT2D eigenvalue weighted by atomic mass is 32.2. The van der Waals surface area contributed by atoms with Crippen molar-refractivity contribution in [3.05, 3.63) is 51.2 Å². The highest BCUT2D eigenvalue weighted by Crippen LogP contribution is 2.43. The fraction of sp³-hybridized carbons (Fsp3) is 0.571. The molecule has 0 amide bonds. The Hall–Kier alpha value is -2.21. The number of aromatic nitrogens is 1. The molecular weight excluding hydrogens is 444 g/mol. The molecule has 0 saturated carbocycles. The average molecular weight is 483 g/mol. The third-order valence-electron chi connectivity index (χ3n) is 7.55. The molecule has 1 aliphatic carbocycles. The maximum atomic E-state index is 14.1. The van der Waals surface area contributed by atoms with Gasteiger partial charge in [0.1, 0.15) is 5.82 Å². The minimum Gasteiger partial charge on any atom is -0.469 e. The van der Waals surface area contributed by atoms with Gasteiger partial charge < -0.3 is 4.74 Å². The second kappa shape index (κ2) is 9.80. The quantitative estimate of drug-likeness (QED) is 0.387. The zero-order valence-electron chi connectivity index (χ0n) is 21.5. The molecule has 0 bridgehead atoms. The Morgan fingerprint density at radius 2 is 1.79 bits per heavy atom. The number of nitrogens with zero attached hydrogens (tertiary/aromatic N) is 2. The third-order valence-corrected chi connectivity index (χ3v) is 9.26. The lowest BCUT2D eigenvalue weighted by atomic mass is 9.90. The van der Waals surface area contributed by atoms with Crippen LogP contribution >= 0.6 is 0 Å². The number of hydrogen-bond donors (Lipinski definition) is 0. The number of carbonyl (C=O) groups is 1. The molecule has 5 nitrogen and oxygen atoms in total. The van der Waals surface area contributed by atoms with E-state index in [4.69, 9.17) is 9.72 Å². The maximum absolute atomic E-state index is 14.1. The van der Waals surface area contributed by atoms with E-state index in [0.29, 0.717) is 6.42 Å². The van der Waals surface area contributed by atoms with Crippen LogP contribution in [0.15, 0.2) is 17.0 Å². The summed E-state index contributed by atoms with van der Waals surface area (Å²) in [6, 6.07) is 4.24. The van der Waals surface area contributed by atoms with Gasteiger partial charge in [0.2, 0.25) is 0 Å². The van der Waals surface area contributed by atoms with Gasteiger partial charge in [0.25, 0.3) is 0 Å². The number of rotatable bonds is 7. The summed E-state index contributed by atoms with van der Waals surface area (Å²) in [5.74, 6) is 0.700. The summed E-state index contributed by atoms with van der Waals surface area (Å²) in [4.78, 5) is 17.3. The number of aryl methyl sites for hydroxylation is 2. The van der Waals surface area contributed by atoms with E-state index >= 15 is 0 Å². The van der Waals surface area contributed by atoms with Crippen LogP contribution in [0.1, 0.15) is 78.6 Å². The zero-order valence-corrected chi connectivity index (χ0v) is 22.4. The lowest BCUT2D eigenvalue weighted by Gasteiger charge is -2.31. The van der Waals surface area contributed by atoms with Crippen molar-refractivity contribution in [1.29, 1.82) is 0 Å². The molecule has 2 heterocycles. The van der Waals surface area contributed by atoms with Gasteiger partial charge in [0.15, 0.2) is 11.0 Å². The van der Waals surface area contributed by atoms with Gasteiger partial charge in [-0.1, -0.05) is 19.9 Å². The maximum Gasteiger partial charge on any atom is 0.305 e. The van der Waals surface area contributed by atoms with Gasteiger partial charge in [-0.15, -0.1) is 0 Å². The van der Waals surface area contributed by atoms with Crippen molar-refractivity contribution in [2.24, 2.45) is 5.41 Å². The predicted octanol–water partition coefficient (Wildman–Crippen LogP) is 5.49. The second-order valence-corrected chi connectivity index (χ2v) is 12.0. The molecule has 1 aromatic heterocycles. The Balaban J connectivity index is 1.62. The van der Waals surface area contributed by atoms with E-state index < -0.39 is 11.0 Å². The van der Waals surface area contributed by atoms with Gasteiger partial charge in [-0.25, -0.2) is 9.19 Å². The summed E-state index contributed by atoms with van der Waals surface area (Å²) in [5.41, 5.74) is 8.96. The van der Waals surface area contributed by atoms with Gasteiger partial charge in [0, 0.05) is 18.7 Å². The molecule has 4 rings (SSSR count). The predicted molar refractivity (Wildman–Crippen MR) is 138 cm³/mol. The number of pyridine rings is 1. The Labute approximate surface area is 206 Å². The van der Waals surface area contributed by atoms with Crippen LogP contribution in [0.25, 0.3) is 0 Å². The van der Waals surface area contributed by atoms with E-state index in [9.17, 15) is 9.00 Å². The summed E-state index contributed by atoms with van der Waals surface area (Å²) in [6.45, 7) is 11.9. The minimum atomic E-state index is -1.30. The number of benzene rings is 1. The number of methoxy groups -OCH3 is 1. The number of esters is 1. The van der Waals surface area contributed by atoms with Crippen molar-refractivity contribution < 1.29 is 13.7 Å². The molecule has 2 aromatic rings. The van der Waals surface area contributed by atoms with Crippen LogP contribution in [-0.4, -0.2) is 28.8 Å². The van der Waals surface area contributed by atoms with Gasteiger partial charge in [-0.3, -0.25) is 9.10 Å². The number of ether oxygens (including phenoxy) is 1. The molecule has 0 spiro atoms. The van der Waals surface area contributed by atoms with E-state index in [0.717, 1.165) is 67.9 Å². The average Bonchev–Trinajstić information content (AvgIpc) is 3.15. The Morgan fingerprint density at radius 1 is 1.09 bits per heavy atom. The smallest absolute Gasteiger partial charge is 0.305 e. The van der Waals surface area contributed by atoms with E-state index in [-0.39, 0.29) is 11.4 Å². The monoisotopic (exact) mass is 482 g/mol. The number of anilines is 1. The summed E-state index contributed by atoms with van der Waals surface area (Å²) in [7, 11) is 0.130. The first-order chi connectivity index (χ1) is 16.1. The van der Waals surface area contributed by atoms with E-state index in [1.165, 1.54) is 40.5 Å². The molecule has 2 aliphatic rings. The molecule has 6 heteroatoms. The fourth-order valence-corrected chi connectivity index (χ4v) is 7.19. The van der Waals surface area contributed by atoms with Crippen molar-refractivity contribution in [2.75, 3.05) is 18.0 Å². The van der Waals surface area contributed by atoms with Gasteiger partial charge in [-0.2, -0.15) is 0 Å². The zero-order chi connectivity index (χ0) is 24.6. The number of unbranched alkanes of at least 4 members (excludes halogenated alkanes) is 1. The standard InChI is InChI=1S/C28H38N2O3S/c1-18-19(2)26(20(3)24-17-28(4,5)16-23(18)24)34(32)30-15-9-10-21-13-14-22(29-27(21)30)11-7-8-12-25(31)33-6/h13-14H,7-12,15-17H2,1-6H3. The van der Waals surface area contributed by atoms with Crippen molar-refractivity contribution >= 4 is 22.8 Å². The third kappa shape index (κ3) is 4.79. The first kappa shape index (κ1) is 24.9. The van der Waals surface area contributed by atoms with Crippen molar-refractivity contribution in [3.63, 3.8) is 0 Å². The Bertz CT molecular complexity index is 1140. The lowest BCUT2D eigenvalue weighted by molar-refractivity contribution is -0.140. The van der Waals surface area contributed by atoms with E-state index in [2.05, 4.69) is 46.8 Å². The van der Waals surface area contributed by atoms with E-state index in [1.54, 1.807) is 0 Å². The van der Waals surface area contributed by atoms with Crippen molar-refractivity contribution in [2.45, 2.75) is 90.9 Å². The highest BCUT2D eigenvalue weighted by molar-refractivity contribution is 7.86. The van der Waals surface area contributed by atoms with Crippen LogP contribution < -0.4 is 4.31 Å². The summed E-state index contributed by atoms with van der Waals surface area (Å²) in [5, 5.41) is 0. The van der Waals surface area contributed by atoms with Crippen molar-refractivity contribution in [1.82, 2.24) is 4.98 Å². The molecule has 1 unspecified atom stereocenters. The highest BCUT2D eigenvalue weighted by Gasteiger charge is 2.35. The summed E-state index contributed by atoms with van der Waals surface area (Å²) >= 11 is 0. The van der Waals surface area contributed by atoms with Gasteiger partial charge in [-0.05, 0) is 111 Å². The van der Waals surface area contributed by atoms with Gasteiger partial charge in [0.05, 0.1) is 12.0 Å². The molecule has 1 aliphatic heterocycles. The molecule has 184 valence electrons. The molecule has 34 heavy (non-hydrogen) atoms. The molecule has 1 aromatic carbocycles. The lowest BCUT2D eigenvalue weighted by Crippen LogP contribution is -2.33. The van der Waals surface area contributed by atoms with Crippen LogP contribution in [0.4, 0.5) is 5.82 Å². The minimum absolute atomic E-state index is 0.168. The first-order valence-corrected chi connectivity index (χ1v) is 13.6. The molecule has 1 atom stereocenters. The first-order valence-electron chi connectivity index (χ1n) is 12.5.